The van der Waals surface area contributed by atoms with Gasteiger partial charge in [0.25, 0.3) is 0 Å². The van der Waals surface area contributed by atoms with Crippen LogP contribution in [0.3, 0.4) is 0 Å². The van der Waals surface area contributed by atoms with Crippen LogP contribution in [0.5, 0.6) is 5.75 Å². The van der Waals surface area contributed by atoms with Gasteiger partial charge in [-0.25, -0.2) is 0 Å². The quantitative estimate of drug-likeness (QED) is 0.908. The number of hydrogen-bond acceptors (Lipinski definition) is 5. The highest BCUT2D eigenvalue weighted by molar-refractivity contribution is 7.14. The van der Waals surface area contributed by atoms with E-state index in [1.54, 1.807) is 7.11 Å². The Kier molecular flexibility index (Phi) is 3.40. The molecule has 0 aliphatic carbocycles. The van der Waals surface area contributed by atoms with Crippen LogP contribution in [0, 0.1) is 6.92 Å². The van der Waals surface area contributed by atoms with E-state index in [9.17, 15) is 0 Å². The molecule has 1 unspecified atom stereocenters. The average Bonchev–Trinajstić information content (AvgIpc) is 2.79. The molecule has 17 heavy (non-hydrogen) atoms. The van der Waals surface area contributed by atoms with Gasteiger partial charge in [0.15, 0.2) is 0 Å². The molecule has 2 rings (SSSR count). The summed E-state index contributed by atoms with van der Waals surface area (Å²) >= 11 is 1.52. The largest absolute Gasteiger partial charge is 0.496 e. The van der Waals surface area contributed by atoms with Crippen molar-refractivity contribution in [3.63, 3.8) is 0 Å². The topological polar surface area (TPSA) is 61.0 Å². The summed E-state index contributed by atoms with van der Waals surface area (Å²) in [5.74, 6) is 0.861. The van der Waals surface area contributed by atoms with E-state index in [-0.39, 0.29) is 6.04 Å². The van der Waals surface area contributed by atoms with Crippen molar-refractivity contribution in [2.45, 2.75) is 19.9 Å². The first-order valence-electron chi connectivity index (χ1n) is 5.36. The smallest absolute Gasteiger partial charge is 0.147 e. The van der Waals surface area contributed by atoms with Gasteiger partial charge in [-0.15, -0.1) is 10.2 Å². The molecule has 4 nitrogen and oxygen atoms in total. The molecule has 90 valence electrons. The fraction of sp³-hybridized carbons (Fsp3) is 0.333. The second kappa shape index (κ2) is 4.81. The summed E-state index contributed by atoms with van der Waals surface area (Å²) in [6, 6.07) is 5.93. The van der Waals surface area contributed by atoms with Gasteiger partial charge in [-0.05, 0) is 25.5 Å². The molecular formula is C12H15N3OS. The number of nitrogens with zero attached hydrogens (tertiary/aromatic N) is 2. The summed E-state index contributed by atoms with van der Waals surface area (Å²) in [6.07, 6.45) is 0. The van der Waals surface area contributed by atoms with Crippen LogP contribution in [0.1, 0.15) is 23.5 Å². The zero-order chi connectivity index (χ0) is 12.4. The molecule has 5 heteroatoms. The Morgan fingerprint density at radius 3 is 2.71 bits per heavy atom. The maximum Gasteiger partial charge on any atom is 0.147 e. The molecule has 0 aliphatic heterocycles. The van der Waals surface area contributed by atoms with Crippen LogP contribution in [0.25, 0.3) is 10.6 Å². The van der Waals surface area contributed by atoms with E-state index in [2.05, 4.69) is 10.2 Å². The number of rotatable bonds is 3. The first kappa shape index (κ1) is 12.0. The lowest BCUT2D eigenvalue weighted by atomic mass is 10.1. The molecule has 1 aromatic carbocycles. The summed E-state index contributed by atoms with van der Waals surface area (Å²) in [5.41, 5.74) is 7.88. The number of benzene rings is 1. The van der Waals surface area contributed by atoms with Crippen LogP contribution in [-0.2, 0) is 0 Å². The molecule has 1 heterocycles. The summed E-state index contributed by atoms with van der Waals surface area (Å²) in [7, 11) is 1.67. The Morgan fingerprint density at radius 1 is 1.35 bits per heavy atom. The zero-order valence-electron chi connectivity index (χ0n) is 10.1. The van der Waals surface area contributed by atoms with Crippen molar-refractivity contribution in [1.29, 1.82) is 0 Å². The van der Waals surface area contributed by atoms with E-state index in [1.807, 2.05) is 32.0 Å². The summed E-state index contributed by atoms with van der Waals surface area (Å²) in [6.45, 7) is 3.91. The van der Waals surface area contributed by atoms with Crippen molar-refractivity contribution in [3.05, 3.63) is 28.8 Å². The van der Waals surface area contributed by atoms with Gasteiger partial charge >= 0.3 is 0 Å². The molecule has 0 fully saturated rings. The highest BCUT2D eigenvalue weighted by Gasteiger charge is 2.10. The van der Waals surface area contributed by atoms with Crippen molar-refractivity contribution in [2.24, 2.45) is 5.73 Å². The van der Waals surface area contributed by atoms with Gasteiger partial charge in [0.05, 0.1) is 13.2 Å². The molecule has 0 amide bonds. The highest BCUT2D eigenvalue weighted by Crippen LogP contribution is 2.30. The molecule has 2 N–H and O–H groups in total. The summed E-state index contributed by atoms with van der Waals surface area (Å²) in [4.78, 5) is 0. The van der Waals surface area contributed by atoms with Crippen LogP contribution in [0.4, 0.5) is 0 Å². The van der Waals surface area contributed by atoms with Gasteiger partial charge < -0.3 is 10.5 Å². The van der Waals surface area contributed by atoms with Crippen molar-refractivity contribution in [1.82, 2.24) is 10.2 Å². The minimum Gasteiger partial charge on any atom is -0.496 e. The fourth-order valence-corrected chi connectivity index (χ4v) is 2.28. The van der Waals surface area contributed by atoms with E-state index in [0.29, 0.717) is 0 Å². The fourth-order valence-electron chi connectivity index (χ4n) is 1.49. The number of ether oxygens (including phenoxy) is 1. The van der Waals surface area contributed by atoms with Crippen LogP contribution >= 0.6 is 11.3 Å². The Balaban J connectivity index is 2.38. The van der Waals surface area contributed by atoms with Crippen molar-refractivity contribution < 1.29 is 4.74 Å². The Morgan fingerprint density at radius 2 is 2.12 bits per heavy atom. The third-order valence-electron chi connectivity index (χ3n) is 2.49. The van der Waals surface area contributed by atoms with Crippen LogP contribution < -0.4 is 10.5 Å². The zero-order valence-corrected chi connectivity index (χ0v) is 10.9. The van der Waals surface area contributed by atoms with Gasteiger partial charge in [0, 0.05) is 5.56 Å². The van der Waals surface area contributed by atoms with Crippen molar-refractivity contribution in [3.8, 4) is 16.3 Å². The average molecular weight is 249 g/mol. The van der Waals surface area contributed by atoms with Gasteiger partial charge in [-0.3, -0.25) is 0 Å². The van der Waals surface area contributed by atoms with Crippen LogP contribution in [0.15, 0.2) is 18.2 Å². The van der Waals surface area contributed by atoms with Gasteiger partial charge in [-0.1, -0.05) is 23.5 Å². The molecular weight excluding hydrogens is 234 g/mol. The minimum absolute atomic E-state index is 0.0754. The van der Waals surface area contributed by atoms with Gasteiger partial charge in [-0.2, -0.15) is 0 Å². The molecule has 0 bridgehead atoms. The predicted octanol–water partition coefficient (Wildman–Crippen LogP) is 2.54. The summed E-state index contributed by atoms with van der Waals surface area (Å²) in [5, 5.41) is 9.94. The van der Waals surface area contributed by atoms with E-state index in [0.717, 1.165) is 26.9 Å². The van der Waals surface area contributed by atoms with E-state index in [4.69, 9.17) is 10.5 Å². The summed E-state index contributed by atoms with van der Waals surface area (Å²) < 4.78 is 5.29. The highest BCUT2D eigenvalue weighted by atomic mass is 32.1. The number of aryl methyl sites for hydroxylation is 1. The number of methoxy groups -OCH3 is 1. The molecule has 0 saturated heterocycles. The first-order valence-corrected chi connectivity index (χ1v) is 6.17. The van der Waals surface area contributed by atoms with Crippen molar-refractivity contribution >= 4 is 11.3 Å². The van der Waals surface area contributed by atoms with Crippen LogP contribution in [0.2, 0.25) is 0 Å². The van der Waals surface area contributed by atoms with E-state index in [1.165, 1.54) is 11.3 Å². The molecule has 0 radical (unpaired) electrons. The van der Waals surface area contributed by atoms with E-state index >= 15 is 0 Å². The lowest BCUT2D eigenvalue weighted by Crippen LogP contribution is -2.03. The maximum absolute atomic E-state index is 5.77. The second-order valence-corrected chi connectivity index (χ2v) is 4.93. The molecule has 0 saturated carbocycles. The van der Waals surface area contributed by atoms with Gasteiger partial charge in [0.2, 0.25) is 0 Å². The monoisotopic (exact) mass is 249 g/mol. The number of nitrogens with two attached hydrogens (primary N) is 1. The Hall–Kier alpha value is -1.46. The third kappa shape index (κ3) is 2.45. The van der Waals surface area contributed by atoms with Crippen molar-refractivity contribution in [2.75, 3.05) is 7.11 Å². The standard InChI is InChI=1S/C12H15N3OS/c1-7-4-5-9(6-10(7)16-3)12-15-14-11(17-12)8(2)13/h4-6,8H,13H2,1-3H3. The molecule has 2 aromatic rings. The second-order valence-electron chi connectivity index (χ2n) is 3.92. The van der Waals surface area contributed by atoms with Crippen LogP contribution in [-0.4, -0.2) is 17.3 Å². The van der Waals surface area contributed by atoms with Gasteiger partial charge in [0.1, 0.15) is 15.8 Å². The molecule has 0 aliphatic rings. The van der Waals surface area contributed by atoms with E-state index < -0.39 is 0 Å². The molecule has 0 spiro atoms. The lowest BCUT2D eigenvalue weighted by molar-refractivity contribution is 0.412. The number of aromatic nitrogens is 2. The number of hydrogen-bond donors (Lipinski definition) is 1. The maximum atomic E-state index is 5.77. The molecule has 1 atom stereocenters. The predicted molar refractivity (Wildman–Crippen MR) is 69.2 cm³/mol. The lowest BCUT2D eigenvalue weighted by Gasteiger charge is -2.05. The normalized spacial score (nSPS) is 12.5. The molecule has 1 aromatic heterocycles. The minimum atomic E-state index is -0.0754. The Labute approximate surface area is 104 Å². The Bertz CT molecular complexity index is 522. The third-order valence-corrected chi connectivity index (χ3v) is 3.66. The first-order chi connectivity index (χ1) is 8.11. The SMILES string of the molecule is COc1cc(-c2nnc(C(C)N)s2)ccc1C.